The third-order valence-electron chi connectivity index (χ3n) is 4.48. The van der Waals surface area contributed by atoms with E-state index in [0.29, 0.717) is 12.0 Å². The number of nitrogens with one attached hydrogen (secondary N) is 1. The SMILES string of the molecule is O=C(NC1CN2CCC1CC2)c1cc2ncccc2s1. The molecule has 3 saturated heterocycles. The molecule has 5 rings (SSSR count). The second kappa shape index (κ2) is 4.82. The van der Waals surface area contributed by atoms with Gasteiger partial charge < -0.3 is 10.2 Å². The van der Waals surface area contributed by atoms with Gasteiger partial charge >= 0.3 is 0 Å². The number of amides is 1. The Labute approximate surface area is 121 Å². The number of fused-ring (bicyclic) bond motifs is 4. The van der Waals surface area contributed by atoms with Gasteiger partial charge in [0.1, 0.15) is 0 Å². The summed E-state index contributed by atoms with van der Waals surface area (Å²) in [5.74, 6) is 0.725. The van der Waals surface area contributed by atoms with Crippen LogP contribution >= 0.6 is 11.3 Å². The third kappa shape index (κ3) is 2.11. The van der Waals surface area contributed by atoms with Gasteiger partial charge in [-0.3, -0.25) is 9.78 Å². The van der Waals surface area contributed by atoms with Crippen molar-refractivity contribution in [2.75, 3.05) is 19.6 Å². The molecule has 2 aromatic rings. The molecular weight excluding hydrogens is 270 g/mol. The Bertz CT molecular complexity index is 612. The fourth-order valence-electron chi connectivity index (χ4n) is 3.35. The highest BCUT2D eigenvalue weighted by Gasteiger charge is 2.35. The molecule has 1 N–H and O–H groups in total. The van der Waals surface area contributed by atoms with Crippen LogP contribution in [0.5, 0.6) is 0 Å². The maximum Gasteiger partial charge on any atom is 0.261 e. The number of hydrogen-bond donors (Lipinski definition) is 1. The van der Waals surface area contributed by atoms with E-state index in [-0.39, 0.29) is 5.91 Å². The first-order chi connectivity index (χ1) is 9.79. The Balaban J connectivity index is 1.52. The van der Waals surface area contributed by atoms with Crippen LogP contribution in [-0.4, -0.2) is 41.5 Å². The number of aromatic nitrogens is 1. The Kier molecular flexibility index (Phi) is 2.97. The predicted octanol–water partition coefficient (Wildman–Crippen LogP) is 2.12. The smallest absolute Gasteiger partial charge is 0.261 e. The molecule has 1 atom stereocenters. The van der Waals surface area contributed by atoms with Gasteiger partial charge in [0.05, 0.1) is 15.1 Å². The number of thiophene rings is 1. The molecular formula is C15H17N3OS. The molecule has 0 aromatic carbocycles. The Hall–Kier alpha value is -1.46. The van der Waals surface area contributed by atoms with E-state index >= 15 is 0 Å². The predicted molar refractivity (Wildman–Crippen MR) is 80.0 cm³/mol. The number of pyridine rings is 1. The normalized spacial score (nSPS) is 28.7. The number of rotatable bonds is 2. The van der Waals surface area contributed by atoms with E-state index in [1.54, 1.807) is 6.20 Å². The van der Waals surface area contributed by atoms with Gasteiger partial charge in [0, 0.05) is 18.8 Å². The lowest BCUT2D eigenvalue weighted by molar-refractivity contribution is 0.0622. The fraction of sp³-hybridized carbons (Fsp3) is 0.467. The van der Waals surface area contributed by atoms with Crippen molar-refractivity contribution >= 4 is 27.5 Å². The van der Waals surface area contributed by atoms with Crippen LogP contribution in [0.2, 0.25) is 0 Å². The van der Waals surface area contributed by atoms with Gasteiger partial charge in [-0.2, -0.15) is 0 Å². The van der Waals surface area contributed by atoms with Crippen molar-refractivity contribution in [1.29, 1.82) is 0 Å². The molecule has 5 heterocycles. The van der Waals surface area contributed by atoms with Gasteiger partial charge in [-0.05, 0) is 50.0 Å². The number of nitrogens with zero attached hydrogens (tertiary/aromatic N) is 2. The Morgan fingerprint density at radius 2 is 2.25 bits per heavy atom. The standard InChI is InChI=1S/C15H17N3OS/c19-15(14-8-11-13(20-14)2-1-5-16-11)17-12-9-18-6-3-10(12)4-7-18/h1-2,5,8,10,12H,3-4,6-7,9H2,(H,17,19). The number of carbonyl (C=O) groups is 1. The van der Waals surface area contributed by atoms with Gasteiger partial charge in [0.25, 0.3) is 5.91 Å². The molecule has 2 aromatic heterocycles. The first-order valence-electron chi connectivity index (χ1n) is 7.17. The zero-order valence-corrected chi connectivity index (χ0v) is 12.0. The van der Waals surface area contributed by atoms with Crippen LogP contribution in [0.25, 0.3) is 10.2 Å². The van der Waals surface area contributed by atoms with Gasteiger partial charge in [0.2, 0.25) is 0 Å². The average molecular weight is 287 g/mol. The van der Waals surface area contributed by atoms with Gasteiger partial charge in [-0.25, -0.2) is 0 Å². The Morgan fingerprint density at radius 3 is 2.95 bits per heavy atom. The zero-order valence-electron chi connectivity index (χ0n) is 11.2. The number of piperidine rings is 3. The molecule has 0 saturated carbocycles. The lowest BCUT2D eigenvalue weighted by Gasteiger charge is -2.44. The first-order valence-corrected chi connectivity index (χ1v) is 7.99. The Morgan fingerprint density at radius 1 is 1.40 bits per heavy atom. The molecule has 104 valence electrons. The molecule has 3 aliphatic rings. The van der Waals surface area contributed by atoms with E-state index in [0.717, 1.165) is 21.6 Å². The van der Waals surface area contributed by atoms with Crippen molar-refractivity contribution in [2.24, 2.45) is 5.92 Å². The molecule has 1 unspecified atom stereocenters. The van der Waals surface area contributed by atoms with Crippen LogP contribution in [0.15, 0.2) is 24.4 Å². The lowest BCUT2D eigenvalue weighted by atomic mass is 9.84. The average Bonchev–Trinajstić information content (AvgIpc) is 2.92. The molecule has 1 amide bonds. The topological polar surface area (TPSA) is 45.2 Å². The molecule has 0 spiro atoms. The van der Waals surface area contributed by atoms with E-state index in [9.17, 15) is 4.79 Å². The second-order valence-corrected chi connectivity index (χ2v) is 6.80. The summed E-state index contributed by atoms with van der Waals surface area (Å²) < 4.78 is 1.08. The van der Waals surface area contributed by atoms with Crippen molar-refractivity contribution in [3.8, 4) is 0 Å². The third-order valence-corrected chi connectivity index (χ3v) is 5.57. The molecule has 3 aliphatic heterocycles. The monoisotopic (exact) mass is 287 g/mol. The summed E-state index contributed by atoms with van der Waals surface area (Å²) in [6.45, 7) is 3.41. The fourth-order valence-corrected chi connectivity index (χ4v) is 4.27. The van der Waals surface area contributed by atoms with Gasteiger partial charge in [-0.1, -0.05) is 0 Å². The van der Waals surface area contributed by atoms with Crippen molar-refractivity contribution in [1.82, 2.24) is 15.2 Å². The molecule has 0 aliphatic carbocycles. The van der Waals surface area contributed by atoms with Crippen LogP contribution < -0.4 is 5.32 Å². The van der Waals surface area contributed by atoms with Gasteiger partial charge in [0.15, 0.2) is 0 Å². The summed E-state index contributed by atoms with van der Waals surface area (Å²) in [7, 11) is 0. The molecule has 0 radical (unpaired) electrons. The summed E-state index contributed by atoms with van der Waals surface area (Å²) in [5, 5.41) is 3.23. The van der Waals surface area contributed by atoms with Crippen LogP contribution in [-0.2, 0) is 0 Å². The molecule has 2 bridgehead atoms. The summed E-state index contributed by atoms with van der Waals surface area (Å²) in [4.78, 5) is 19.9. The minimum absolute atomic E-state index is 0.0618. The minimum Gasteiger partial charge on any atom is -0.347 e. The summed E-state index contributed by atoms with van der Waals surface area (Å²) >= 11 is 1.53. The van der Waals surface area contributed by atoms with E-state index < -0.39 is 0 Å². The number of carbonyl (C=O) groups excluding carboxylic acids is 1. The largest absolute Gasteiger partial charge is 0.347 e. The summed E-state index contributed by atoms with van der Waals surface area (Å²) in [6.07, 6.45) is 4.21. The highest BCUT2D eigenvalue weighted by atomic mass is 32.1. The minimum atomic E-state index is 0.0618. The van der Waals surface area contributed by atoms with E-state index in [2.05, 4.69) is 15.2 Å². The highest BCUT2D eigenvalue weighted by molar-refractivity contribution is 7.20. The molecule has 3 fully saturated rings. The van der Waals surface area contributed by atoms with Crippen molar-refractivity contribution in [3.63, 3.8) is 0 Å². The van der Waals surface area contributed by atoms with E-state index in [1.165, 1.54) is 37.3 Å². The zero-order chi connectivity index (χ0) is 13.5. The molecule has 20 heavy (non-hydrogen) atoms. The first kappa shape index (κ1) is 12.3. The number of hydrogen-bond acceptors (Lipinski definition) is 4. The maximum atomic E-state index is 12.4. The van der Waals surface area contributed by atoms with Crippen LogP contribution in [0, 0.1) is 5.92 Å². The maximum absolute atomic E-state index is 12.4. The molecule has 5 heteroatoms. The summed E-state index contributed by atoms with van der Waals surface area (Å²) in [5.41, 5.74) is 0.913. The van der Waals surface area contributed by atoms with Gasteiger partial charge in [-0.15, -0.1) is 11.3 Å². The highest BCUT2D eigenvalue weighted by Crippen LogP contribution is 2.28. The second-order valence-electron chi connectivity index (χ2n) is 5.72. The van der Waals surface area contributed by atoms with E-state index in [4.69, 9.17) is 0 Å². The van der Waals surface area contributed by atoms with Crippen LogP contribution in [0.1, 0.15) is 22.5 Å². The summed E-state index contributed by atoms with van der Waals surface area (Å²) in [6, 6.07) is 6.14. The van der Waals surface area contributed by atoms with Crippen molar-refractivity contribution < 1.29 is 4.79 Å². The molecule has 4 nitrogen and oxygen atoms in total. The quantitative estimate of drug-likeness (QED) is 0.920. The van der Waals surface area contributed by atoms with E-state index in [1.807, 2.05) is 18.2 Å². The van der Waals surface area contributed by atoms with Crippen LogP contribution in [0.4, 0.5) is 0 Å². The van der Waals surface area contributed by atoms with Crippen LogP contribution in [0.3, 0.4) is 0 Å². The lowest BCUT2D eigenvalue weighted by Crippen LogP contribution is -2.57. The van der Waals surface area contributed by atoms with Crippen molar-refractivity contribution in [2.45, 2.75) is 18.9 Å². The van der Waals surface area contributed by atoms with Crippen molar-refractivity contribution in [3.05, 3.63) is 29.3 Å².